The molecule has 0 radical (unpaired) electrons. The van der Waals surface area contributed by atoms with Gasteiger partial charge in [0.1, 0.15) is 12.1 Å². The number of nitriles is 1. The molecule has 6 heteroatoms. The minimum atomic E-state index is 0. The lowest BCUT2D eigenvalue weighted by Crippen LogP contribution is -3.00. The highest BCUT2D eigenvalue weighted by Gasteiger charge is 2.12. The summed E-state index contributed by atoms with van der Waals surface area (Å²) in [6.45, 7) is 0. The van der Waals surface area contributed by atoms with Crippen molar-refractivity contribution < 1.29 is 28.5 Å². The predicted molar refractivity (Wildman–Crippen MR) is 90.7 cm³/mol. The number of fused-ring (bicyclic) bond motifs is 1. The Bertz CT molecular complexity index is 1060. The van der Waals surface area contributed by atoms with E-state index in [9.17, 15) is 0 Å². The zero-order valence-electron chi connectivity index (χ0n) is 12.8. The number of rotatable bonds is 2. The van der Waals surface area contributed by atoms with Gasteiger partial charge in [0.25, 0.3) is 0 Å². The zero-order chi connectivity index (χ0) is 15.8. The molecule has 0 spiro atoms. The molecule has 0 aliphatic carbocycles. The Labute approximate surface area is 160 Å². The fourth-order valence-corrected chi connectivity index (χ4v) is 3.46. The molecule has 0 saturated heterocycles. The van der Waals surface area contributed by atoms with Crippen LogP contribution >= 0.6 is 11.3 Å². The molecule has 0 amide bonds. The van der Waals surface area contributed by atoms with E-state index in [4.69, 9.17) is 10.2 Å². The van der Waals surface area contributed by atoms with E-state index in [1.165, 1.54) is 0 Å². The Kier molecular flexibility index (Phi) is 4.64. The summed E-state index contributed by atoms with van der Waals surface area (Å²) < 4.78 is 2.02. The van der Waals surface area contributed by atoms with Crippen LogP contribution in [0.25, 0.3) is 32.7 Å². The molecule has 1 aromatic carbocycles. The highest BCUT2D eigenvalue weighted by molar-refractivity contribution is 7.13. The average Bonchev–Trinajstić information content (AvgIpc) is 3.20. The lowest BCUT2D eigenvalue weighted by Gasteiger charge is -1.96. The lowest BCUT2D eigenvalue weighted by atomic mass is 10.1. The van der Waals surface area contributed by atoms with Crippen LogP contribution in [0.3, 0.4) is 0 Å². The van der Waals surface area contributed by atoms with Crippen molar-refractivity contribution in [2.24, 2.45) is 7.05 Å². The molecular weight excluding hydrogens is 431 g/mol. The van der Waals surface area contributed by atoms with E-state index in [2.05, 4.69) is 28.7 Å². The van der Waals surface area contributed by atoms with Crippen molar-refractivity contribution in [3.05, 3.63) is 59.9 Å². The van der Waals surface area contributed by atoms with E-state index >= 15 is 0 Å². The molecule has 0 atom stereocenters. The Hall–Kier alpha value is -2.24. The quantitative estimate of drug-likeness (QED) is 0.365. The van der Waals surface area contributed by atoms with Crippen molar-refractivity contribution in [1.29, 1.82) is 5.26 Å². The first kappa shape index (κ1) is 16.6. The summed E-state index contributed by atoms with van der Waals surface area (Å²) in [5.41, 5.74) is 4.73. The highest BCUT2D eigenvalue weighted by atomic mass is 127. The molecule has 24 heavy (non-hydrogen) atoms. The standard InChI is InChI=1S/C18H13N4S.HI/c1-22-6-2-3-13(10-22)18-21-17(11-23-18)15-9-20-16-5-4-12(8-19)7-14(15)16;/h2-7,9-11,20H,1H3;1H/q+1;/p-1. The monoisotopic (exact) mass is 444 g/mol. The van der Waals surface area contributed by atoms with Crippen LogP contribution in [-0.2, 0) is 7.05 Å². The topological polar surface area (TPSA) is 56.4 Å². The Balaban J connectivity index is 0.00000169. The van der Waals surface area contributed by atoms with Crippen molar-refractivity contribution in [1.82, 2.24) is 9.97 Å². The lowest BCUT2D eigenvalue weighted by molar-refractivity contribution is -0.671. The van der Waals surface area contributed by atoms with E-state index in [1.54, 1.807) is 11.3 Å². The first-order valence-corrected chi connectivity index (χ1v) is 8.05. The third kappa shape index (κ3) is 2.92. The smallest absolute Gasteiger partial charge is 0.178 e. The first-order valence-electron chi connectivity index (χ1n) is 7.17. The van der Waals surface area contributed by atoms with Crippen LogP contribution in [0.1, 0.15) is 5.56 Å². The molecule has 1 N–H and O–H groups in total. The van der Waals surface area contributed by atoms with Gasteiger partial charge >= 0.3 is 0 Å². The molecule has 0 aliphatic heterocycles. The molecule has 4 aromatic rings. The van der Waals surface area contributed by atoms with Gasteiger partial charge in [-0.05, 0) is 24.3 Å². The van der Waals surface area contributed by atoms with Crippen molar-refractivity contribution in [2.75, 3.05) is 0 Å². The van der Waals surface area contributed by atoms with Gasteiger partial charge in [0.2, 0.25) is 0 Å². The minimum absolute atomic E-state index is 0. The van der Waals surface area contributed by atoms with E-state index in [1.807, 2.05) is 48.3 Å². The summed E-state index contributed by atoms with van der Waals surface area (Å²) >= 11 is 1.62. The second kappa shape index (κ2) is 6.71. The number of aromatic nitrogens is 3. The van der Waals surface area contributed by atoms with Crippen LogP contribution in [0.5, 0.6) is 0 Å². The van der Waals surface area contributed by atoms with Gasteiger partial charge in [-0.2, -0.15) is 5.26 Å². The molecule has 4 nitrogen and oxygen atoms in total. The van der Waals surface area contributed by atoms with E-state index in [-0.39, 0.29) is 24.0 Å². The number of H-pyrrole nitrogens is 1. The maximum Gasteiger partial charge on any atom is 0.178 e. The third-order valence-electron chi connectivity index (χ3n) is 3.78. The van der Waals surface area contributed by atoms with Crippen LogP contribution in [0.4, 0.5) is 0 Å². The van der Waals surface area contributed by atoms with E-state index < -0.39 is 0 Å². The number of pyridine rings is 1. The largest absolute Gasteiger partial charge is 1.00 e. The number of hydrogen-bond donors (Lipinski definition) is 1. The van der Waals surface area contributed by atoms with E-state index in [0.29, 0.717) is 5.56 Å². The van der Waals surface area contributed by atoms with Gasteiger partial charge < -0.3 is 29.0 Å². The van der Waals surface area contributed by atoms with Gasteiger partial charge in [-0.15, -0.1) is 11.3 Å². The van der Waals surface area contributed by atoms with Gasteiger partial charge in [-0.1, -0.05) is 0 Å². The van der Waals surface area contributed by atoms with Gasteiger partial charge in [0.15, 0.2) is 12.4 Å². The summed E-state index contributed by atoms with van der Waals surface area (Å²) in [5.74, 6) is 0. The maximum absolute atomic E-state index is 9.10. The van der Waals surface area contributed by atoms with Crippen LogP contribution in [-0.4, -0.2) is 9.97 Å². The van der Waals surface area contributed by atoms with E-state index in [0.717, 1.165) is 32.7 Å². The van der Waals surface area contributed by atoms with Crippen LogP contribution in [0.2, 0.25) is 0 Å². The van der Waals surface area contributed by atoms with Gasteiger partial charge in [-0.25, -0.2) is 9.55 Å². The van der Waals surface area contributed by atoms with Crippen molar-refractivity contribution in [2.45, 2.75) is 0 Å². The second-order valence-electron chi connectivity index (χ2n) is 5.37. The number of nitrogens with one attached hydrogen (secondary N) is 1. The molecule has 0 saturated carbocycles. The van der Waals surface area contributed by atoms with Gasteiger partial charge in [0.05, 0.1) is 22.9 Å². The fraction of sp³-hybridized carbons (Fsp3) is 0.0556. The summed E-state index contributed by atoms with van der Waals surface area (Å²) in [6, 6.07) is 11.9. The predicted octanol–water partition coefficient (Wildman–Crippen LogP) is 0.659. The third-order valence-corrected chi connectivity index (χ3v) is 4.67. The summed E-state index contributed by atoms with van der Waals surface area (Å²) in [7, 11) is 2.00. The Morgan fingerprint density at radius 2 is 2.17 bits per heavy atom. The fourth-order valence-electron chi connectivity index (χ4n) is 2.65. The second-order valence-corrected chi connectivity index (χ2v) is 6.23. The summed E-state index contributed by atoms with van der Waals surface area (Å²) in [6.07, 6.45) is 6.02. The Morgan fingerprint density at radius 1 is 1.29 bits per heavy atom. The number of hydrogen-bond acceptors (Lipinski definition) is 3. The number of thiazole rings is 1. The molecule has 3 aromatic heterocycles. The summed E-state index contributed by atoms with van der Waals surface area (Å²) in [4.78, 5) is 8.02. The average molecular weight is 444 g/mol. The molecule has 0 bridgehead atoms. The zero-order valence-corrected chi connectivity index (χ0v) is 15.8. The number of benzene rings is 1. The van der Waals surface area contributed by atoms with Crippen molar-refractivity contribution >= 4 is 22.2 Å². The van der Waals surface area contributed by atoms with Crippen LogP contribution in [0, 0.1) is 11.3 Å². The molecule has 0 unspecified atom stereocenters. The Morgan fingerprint density at radius 3 is 2.96 bits per heavy atom. The highest BCUT2D eigenvalue weighted by Crippen LogP contribution is 2.32. The number of aromatic amines is 1. The molecular formula is C18H13IN4S. The molecule has 0 fully saturated rings. The normalized spacial score (nSPS) is 10.3. The number of aryl methyl sites for hydroxylation is 1. The maximum atomic E-state index is 9.10. The SMILES string of the molecule is C[n+]1cccc(-c2nc(-c3c[nH]c4ccc(C#N)cc34)cs2)c1.[I-]. The number of halogens is 1. The van der Waals surface area contributed by atoms with Gasteiger partial charge in [0, 0.05) is 34.1 Å². The molecule has 3 heterocycles. The van der Waals surface area contributed by atoms with Crippen molar-refractivity contribution in [3.63, 3.8) is 0 Å². The molecule has 4 rings (SSSR count). The minimum Gasteiger partial charge on any atom is -1.00 e. The number of nitrogens with zero attached hydrogens (tertiary/aromatic N) is 3. The van der Waals surface area contributed by atoms with Crippen LogP contribution < -0.4 is 28.5 Å². The van der Waals surface area contributed by atoms with Gasteiger partial charge in [-0.3, -0.25) is 0 Å². The summed E-state index contributed by atoms with van der Waals surface area (Å²) in [5, 5.41) is 13.2. The molecule has 118 valence electrons. The first-order chi connectivity index (χ1) is 11.2. The van der Waals surface area contributed by atoms with Crippen LogP contribution in [0.15, 0.2) is 54.3 Å². The molecule has 0 aliphatic rings. The van der Waals surface area contributed by atoms with Crippen molar-refractivity contribution in [3.8, 4) is 27.9 Å².